The number of carbonyl (C=O) groups excluding carboxylic acids is 1. The number of methoxy groups -OCH3 is 1. The highest BCUT2D eigenvalue weighted by atomic mass is 32.2. The third-order valence-electron chi connectivity index (χ3n) is 7.17. The predicted octanol–water partition coefficient (Wildman–Crippen LogP) is 4.12. The van der Waals surface area contributed by atoms with Crippen LogP contribution in [-0.2, 0) is 22.4 Å². The Balaban J connectivity index is 1.38. The van der Waals surface area contributed by atoms with Gasteiger partial charge in [-0.3, -0.25) is 4.79 Å². The van der Waals surface area contributed by atoms with Crippen molar-refractivity contribution in [2.24, 2.45) is 5.92 Å². The summed E-state index contributed by atoms with van der Waals surface area (Å²) in [6.45, 7) is 0.660. The van der Waals surface area contributed by atoms with E-state index >= 15 is 0 Å². The maximum absolute atomic E-state index is 13.2. The van der Waals surface area contributed by atoms with Crippen LogP contribution in [-0.4, -0.2) is 40.3 Å². The molecule has 3 N–H and O–H groups in total. The minimum Gasteiger partial charge on any atom is -0.511 e. The van der Waals surface area contributed by atoms with Gasteiger partial charge in [-0.25, -0.2) is 9.78 Å². The standard InChI is InChI=1S/C25H29N3O5S/c1-32-17-8-6-15(7-9-17)10-12-25(16-4-2-3-5-16)14-19(29)20(23(31)33-25)34-24-27-21-18(11-13-26-21)22(30)28-24/h6-9,16,29H,2-5,10-14H2,1H3,(H2,26,27,28,30). The number of aliphatic hydroxyl groups is 1. The molecule has 1 aromatic carbocycles. The fraction of sp³-hybridized carbons (Fsp3) is 0.480. The van der Waals surface area contributed by atoms with Gasteiger partial charge in [0.2, 0.25) is 0 Å². The van der Waals surface area contributed by atoms with E-state index in [1.165, 1.54) is 0 Å². The molecule has 3 heterocycles. The van der Waals surface area contributed by atoms with Gasteiger partial charge < -0.3 is 24.9 Å². The Labute approximate surface area is 202 Å². The number of rotatable bonds is 7. The molecule has 34 heavy (non-hydrogen) atoms. The molecular formula is C25H29N3O5S. The van der Waals surface area contributed by atoms with Crippen molar-refractivity contribution in [1.29, 1.82) is 0 Å². The first kappa shape index (κ1) is 22.8. The lowest BCUT2D eigenvalue weighted by molar-refractivity contribution is -0.166. The number of hydrogen-bond acceptors (Lipinski definition) is 8. The minimum absolute atomic E-state index is 0.0130. The molecule has 0 radical (unpaired) electrons. The fourth-order valence-corrected chi connectivity index (χ4v) is 6.12. The number of cyclic esters (lactones) is 1. The van der Waals surface area contributed by atoms with E-state index in [1.54, 1.807) is 7.11 Å². The number of aromatic amines is 1. The van der Waals surface area contributed by atoms with Gasteiger partial charge >= 0.3 is 5.97 Å². The summed E-state index contributed by atoms with van der Waals surface area (Å²) in [6.07, 6.45) is 6.43. The summed E-state index contributed by atoms with van der Waals surface area (Å²) in [5, 5.41) is 14.4. The number of esters is 1. The van der Waals surface area contributed by atoms with Crippen LogP contribution in [0.4, 0.5) is 5.82 Å². The second-order valence-corrected chi connectivity index (χ2v) is 10.2. The number of aliphatic hydroxyl groups excluding tert-OH is 1. The number of nitrogens with zero attached hydrogens (tertiary/aromatic N) is 1. The highest BCUT2D eigenvalue weighted by molar-refractivity contribution is 8.03. The van der Waals surface area contributed by atoms with Gasteiger partial charge in [0.1, 0.15) is 27.8 Å². The van der Waals surface area contributed by atoms with E-state index in [0.717, 1.165) is 55.2 Å². The number of fused-ring (bicyclic) bond motifs is 1. The number of aromatic nitrogens is 2. The molecule has 2 aromatic rings. The Hall–Kier alpha value is -2.94. The maximum atomic E-state index is 13.2. The summed E-state index contributed by atoms with van der Waals surface area (Å²) in [6, 6.07) is 7.89. The summed E-state index contributed by atoms with van der Waals surface area (Å²) in [7, 11) is 1.64. The van der Waals surface area contributed by atoms with E-state index in [-0.39, 0.29) is 33.7 Å². The number of benzene rings is 1. The fourth-order valence-electron chi connectivity index (χ4n) is 5.33. The van der Waals surface area contributed by atoms with Gasteiger partial charge in [-0.1, -0.05) is 25.0 Å². The first-order valence-electron chi connectivity index (χ1n) is 11.8. The Morgan fingerprint density at radius 2 is 2.00 bits per heavy atom. The Kier molecular flexibility index (Phi) is 6.29. The quantitative estimate of drug-likeness (QED) is 0.398. The second kappa shape index (κ2) is 9.37. The molecule has 1 fully saturated rings. The summed E-state index contributed by atoms with van der Waals surface area (Å²) < 4.78 is 11.4. The van der Waals surface area contributed by atoms with Crippen molar-refractivity contribution in [1.82, 2.24) is 9.97 Å². The minimum atomic E-state index is -0.734. The highest BCUT2D eigenvalue weighted by Gasteiger charge is 2.48. The van der Waals surface area contributed by atoms with E-state index in [4.69, 9.17) is 9.47 Å². The monoisotopic (exact) mass is 483 g/mol. The summed E-state index contributed by atoms with van der Waals surface area (Å²) in [5.74, 6) is 1.01. The molecule has 1 saturated carbocycles. The second-order valence-electron chi connectivity index (χ2n) is 9.21. The molecule has 8 nitrogen and oxygen atoms in total. The Morgan fingerprint density at radius 3 is 2.71 bits per heavy atom. The van der Waals surface area contributed by atoms with E-state index in [9.17, 15) is 14.7 Å². The average Bonchev–Trinajstić information content (AvgIpc) is 3.53. The molecule has 1 aliphatic carbocycles. The third kappa shape index (κ3) is 4.41. The summed E-state index contributed by atoms with van der Waals surface area (Å²) in [4.78, 5) is 32.7. The topological polar surface area (TPSA) is 114 Å². The number of H-pyrrole nitrogens is 1. The lowest BCUT2D eigenvalue weighted by Gasteiger charge is -2.41. The average molecular weight is 484 g/mol. The number of anilines is 1. The molecule has 0 amide bonds. The van der Waals surface area contributed by atoms with E-state index in [2.05, 4.69) is 15.3 Å². The molecule has 0 spiro atoms. The van der Waals surface area contributed by atoms with Gasteiger partial charge in [0.15, 0.2) is 5.16 Å². The normalized spacial score (nSPS) is 22.4. The molecule has 3 aliphatic rings. The molecule has 1 aromatic heterocycles. The zero-order valence-electron chi connectivity index (χ0n) is 19.2. The summed E-state index contributed by atoms with van der Waals surface area (Å²) in [5.41, 5.74) is 0.793. The van der Waals surface area contributed by atoms with Gasteiger partial charge in [-0.2, -0.15) is 0 Å². The number of thioether (sulfide) groups is 1. The van der Waals surface area contributed by atoms with Gasteiger partial charge in [0, 0.05) is 13.0 Å². The molecule has 5 rings (SSSR count). The molecular weight excluding hydrogens is 454 g/mol. The van der Waals surface area contributed by atoms with Gasteiger partial charge in [-0.05, 0) is 67.5 Å². The predicted molar refractivity (Wildman–Crippen MR) is 129 cm³/mol. The first-order valence-corrected chi connectivity index (χ1v) is 12.6. The van der Waals surface area contributed by atoms with Crippen molar-refractivity contribution in [3.63, 3.8) is 0 Å². The molecule has 2 aliphatic heterocycles. The molecule has 9 heteroatoms. The van der Waals surface area contributed by atoms with E-state index in [0.29, 0.717) is 30.8 Å². The van der Waals surface area contributed by atoms with Crippen molar-refractivity contribution in [3.05, 3.63) is 56.4 Å². The lowest BCUT2D eigenvalue weighted by atomic mass is 9.77. The van der Waals surface area contributed by atoms with Crippen LogP contribution >= 0.6 is 11.8 Å². The van der Waals surface area contributed by atoms with Crippen molar-refractivity contribution in [3.8, 4) is 5.75 Å². The van der Waals surface area contributed by atoms with Crippen LogP contribution in [0.15, 0.2) is 44.9 Å². The van der Waals surface area contributed by atoms with Gasteiger partial charge in [0.25, 0.3) is 5.56 Å². The largest absolute Gasteiger partial charge is 0.511 e. The van der Waals surface area contributed by atoms with Crippen LogP contribution in [0.5, 0.6) is 5.75 Å². The molecule has 180 valence electrons. The smallest absolute Gasteiger partial charge is 0.349 e. The number of nitrogens with one attached hydrogen (secondary N) is 2. The molecule has 0 saturated heterocycles. The highest BCUT2D eigenvalue weighted by Crippen LogP contribution is 2.47. The van der Waals surface area contributed by atoms with Crippen molar-refractivity contribution in [2.75, 3.05) is 19.0 Å². The maximum Gasteiger partial charge on any atom is 0.349 e. The molecule has 1 atom stereocenters. The van der Waals surface area contributed by atoms with Crippen LogP contribution in [0.1, 0.15) is 49.7 Å². The lowest BCUT2D eigenvalue weighted by Crippen LogP contribution is -2.45. The van der Waals surface area contributed by atoms with Crippen LogP contribution in [0.25, 0.3) is 0 Å². The number of hydrogen-bond donors (Lipinski definition) is 3. The van der Waals surface area contributed by atoms with Crippen LogP contribution in [0, 0.1) is 5.92 Å². The zero-order valence-corrected chi connectivity index (χ0v) is 20.0. The first-order chi connectivity index (χ1) is 16.5. The number of aryl methyl sites for hydroxylation is 1. The Bertz CT molecular complexity index is 1170. The van der Waals surface area contributed by atoms with Crippen LogP contribution in [0.2, 0.25) is 0 Å². The van der Waals surface area contributed by atoms with Gasteiger partial charge in [-0.15, -0.1) is 0 Å². The van der Waals surface area contributed by atoms with Crippen LogP contribution in [0.3, 0.4) is 0 Å². The zero-order chi connectivity index (χ0) is 23.7. The van der Waals surface area contributed by atoms with Crippen molar-refractivity contribution >= 4 is 23.5 Å². The molecule has 0 bridgehead atoms. The van der Waals surface area contributed by atoms with Crippen molar-refractivity contribution in [2.45, 2.75) is 62.1 Å². The SMILES string of the molecule is COc1ccc(CCC2(C3CCCC3)CC(O)=C(Sc3nc4c(c(=O)[nH]3)CCN4)C(=O)O2)cc1. The number of carbonyl (C=O) groups is 1. The third-order valence-corrected chi connectivity index (χ3v) is 8.16. The van der Waals surface area contributed by atoms with Crippen LogP contribution < -0.4 is 15.6 Å². The summed E-state index contributed by atoms with van der Waals surface area (Å²) >= 11 is 0.957. The van der Waals surface area contributed by atoms with Crippen molar-refractivity contribution < 1.29 is 19.4 Å². The molecule has 1 unspecified atom stereocenters. The number of ether oxygens (including phenoxy) is 2. The Morgan fingerprint density at radius 1 is 1.24 bits per heavy atom. The van der Waals surface area contributed by atoms with E-state index < -0.39 is 11.6 Å². The van der Waals surface area contributed by atoms with E-state index in [1.807, 2.05) is 24.3 Å². The van der Waals surface area contributed by atoms with Gasteiger partial charge in [0.05, 0.1) is 12.7 Å².